The first-order valence-electron chi connectivity index (χ1n) is 8.22. The summed E-state index contributed by atoms with van der Waals surface area (Å²) in [5, 5.41) is 0.378. The van der Waals surface area contributed by atoms with Crippen LogP contribution < -0.4 is 5.43 Å². The lowest BCUT2D eigenvalue weighted by atomic mass is 9.99. The van der Waals surface area contributed by atoms with Crippen LogP contribution in [0.4, 0.5) is 0 Å². The van der Waals surface area contributed by atoms with Crippen molar-refractivity contribution in [2.45, 2.75) is 26.9 Å². The Kier molecular flexibility index (Phi) is 4.71. The lowest BCUT2D eigenvalue weighted by molar-refractivity contribution is 0.0289. The number of para-hydroxylation sites is 1. The normalized spacial score (nSPS) is 12.0. The summed E-state index contributed by atoms with van der Waals surface area (Å²) in [7, 11) is 0. The van der Waals surface area contributed by atoms with Crippen molar-refractivity contribution in [1.29, 1.82) is 0 Å². The fraction of sp³-hybridized carbons (Fsp3) is 0.190. The van der Waals surface area contributed by atoms with Crippen molar-refractivity contribution in [3.05, 3.63) is 81.2 Å². The molecular weight excluding hydrogens is 332 g/mol. The SMILES string of the molecule is Cc1ccc(C)c(C(=O)[C@@H](C)OC(=O)c2cc(=O)c3ccccc3o2)c1. The van der Waals surface area contributed by atoms with Gasteiger partial charge in [-0.05, 0) is 44.5 Å². The summed E-state index contributed by atoms with van der Waals surface area (Å²) >= 11 is 0. The van der Waals surface area contributed by atoms with E-state index in [-0.39, 0.29) is 17.0 Å². The number of benzene rings is 2. The Bertz CT molecular complexity index is 1060. The summed E-state index contributed by atoms with van der Waals surface area (Å²) in [6.07, 6.45) is -1.00. The molecule has 0 unspecified atom stereocenters. The van der Waals surface area contributed by atoms with E-state index in [0.29, 0.717) is 16.5 Å². The van der Waals surface area contributed by atoms with Crippen LogP contribution in [0.3, 0.4) is 0 Å². The number of ketones is 1. The molecule has 0 fully saturated rings. The number of Topliss-reactive ketones (excluding diaryl/α,β-unsaturated/α-hetero) is 1. The van der Waals surface area contributed by atoms with E-state index >= 15 is 0 Å². The topological polar surface area (TPSA) is 73.6 Å². The Morgan fingerprint density at radius 2 is 1.77 bits per heavy atom. The molecule has 1 heterocycles. The quantitative estimate of drug-likeness (QED) is 0.528. The van der Waals surface area contributed by atoms with Crippen molar-refractivity contribution in [2.24, 2.45) is 0 Å². The highest BCUT2D eigenvalue weighted by atomic mass is 16.6. The molecule has 0 N–H and O–H groups in total. The van der Waals surface area contributed by atoms with Gasteiger partial charge in [0, 0.05) is 11.6 Å². The molecule has 3 aromatic rings. The third-order valence-electron chi connectivity index (χ3n) is 4.15. The first kappa shape index (κ1) is 17.6. The van der Waals surface area contributed by atoms with Gasteiger partial charge in [0.25, 0.3) is 0 Å². The molecule has 2 aromatic carbocycles. The van der Waals surface area contributed by atoms with Crippen LogP contribution in [0.5, 0.6) is 0 Å². The third-order valence-corrected chi connectivity index (χ3v) is 4.15. The van der Waals surface area contributed by atoms with Gasteiger partial charge in [0.2, 0.25) is 11.5 Å². The van der Waals surface area contributed by atoms with E-state index in [1.807, 2.05) is 26.0 Å². The fourth-order valence-corrected chi connectivity index (χ4v) is 2.70. The molecule has 26 heavy (non-hydrogen) atoms. The molecule has 1 atom stereocenters. The lowest BCUT2D eigenvalue weighted by Gasteiger charge is -2.14. The summed E-state index contributed by atoms with van der Waals surface area (Å²) in [6.45, 7) is 5.21. The maximum absolute atomic E-state index is 12.6. The van der Waals surface area contributed by atoms with Crippen LogP contribution in [-0.2, 0) is 4.74 Å². The van der Waals surface area contributed by atoms with Gasteiger partial charge in [-0.1, -0.05) is 29.8 Å². The Hall–Kier alpha value is -3.21. The van der Waals surface area contributed by atoms with Crippen molar-refractivity contribution in [3.8, 4) is 0 Å². The van der Waals surface area contributed by atoms with Crippen LogP contribution >= 0.6 is 0 Å². The molecule has 0 aliphatic heterocycles. The molecule has 1 aromatic heterocycles. The van der Waals surface area contributed by atoms with Gasteiger partial charge >= 0.3 is 5.97 Å². The molecule has 132 valence electrons. The Morgan fingerprint density at radius 1 is 1.04 bits per heavy atom. The molecule has 3 rings (SSSR count). The molecule has 0 bridgehead atoms. The minimum atomic E-state index is -1.00. The maximum atomic E-state index is 12.6. The predicted molar refractivity (Wildman–Crippen MR) is 97.6 cm³/mol. The monoisotopic (exact) mass is 350 g/mol. The molecule has 0 aliphatic rings. The summed E-state index contributed by atoms with van der Waals surface area (Å²) in [5.74, 6) is -1.38. The van der Waals surface area contributed by atoms with Gasteiger partial charge in [0.05, 0.1) is 5.39 Å². The number of carbonyl (C=O) groups is 2. The second kappa shape index (κ2) is 6.96. The fourth-order valence-electron chi connectivity index (χ4n) is 2.70. The number of hydrogen-bond donors (Lipinski definition) is 0. The minimum Gasteiger partial charge on any atom is -0.449 e. The number of hydrogen-bond acceptors (Lipinski definition) is 5. The molecule has 0 spiro atoms. The van der Waals surface area contributed by atoms with Crippen LogP contribution in [0, 0.1) is 13.8 Å². The van der Waals surface area contributed by atoms with Crippen LogP contribution in [0.2, 0.25) is 0 Å². The second-order valence-corrected chi connectivity index (χ2v) is 6.20. The third kappa shape index (κ3) is 3.42. The van der Waals surface area contributed by atoms with Gasteiger partial charge in [0.1, 0.15) is 5.58 Å². The van der Waals surface area contributed by atoms with Gasteiger partial charge in [0.15, 0.2) is 11.5 Å². The van der Waals surface area contributed by atoms with E-state index in [9.17, 15) is 14.4 Å². The molecule has 5 heteroatoms. The van der Waals surface area contributed by atoms with Gasteiger partial charge in [-0.2, -0.15) is 0 Å². The van der Waals surface area contributed by atoms with Crippen molar-refractivity contribution < 1.29 is 18.7 Å². The van der Waals surface area contributed by atoms with Crippen molar-refractivity contribution >= 4 is 22.7 Å². The first-order chi connectivity index (χ1) is 12.4. The van der Waals surface area contributed by atoms with Crippen LogP contribution in [-0.4, -0.2) is 17.9 Å². The zero-order valence-corrected chi connectivity index (χ0v) is 14.7. The zero-order chi connectivity index (χ0) is 18.8. The number of fused-ring (bicyclic) bond motifs is 1. The standard InChI is InChI=1S/C21H18O5/c1-12-8-9-13(2)16(10-12)20(23)14(3)25-21(24)19-11-17(22)15-6-4-5-7-18(15)26-19/h4-11,14H,1-3H3/t14-/m1/s1. The Morgan fingerprint density at radius 3 is 2.54 bits per heavy atom. The van der Waals surface area contributed by atoms with E-state index in [1.54, 1.807) is 30.3 Å². The van der Waals surface area contributed by atoms with Crippen LogP contribution in [0.1, 0.15) is 39.0 Å². The smallest absolute Gasteiger partial charge is 0.375 e. The highest BCUT2D eigenvalue weighted by Crippen LogP contribution is 2.17. The molecule has 0 saturated carbocycles. The number of esters is 1. The van der Waals surface area contributed by atoms with Crippen LogP contribution in [0.15, 0.2) is 57.7 Å². The highest BCUT2D eigenvalue weighted by Gasteiger charge is 2.23. The van der Waals surface area contributed by atoms with Crippen LogP contribution in [0.25, 0.3) is 11.0 Å². The van der Waals surface area contributed by atoms with Crippen molar-refractivity contribution in [2.75, 3.05) is 0 Å². The number of carbonyl (C=O) groups excluding carboxylic acids is 2. The molecule has 0 radical (unpaired) electrons. The number of aryl methyl sites for hydroxylation is 2. The van der Waals surface area contributed by atoms with Crippen molar-refractivity contribution in [3.63, 3.8) is 0 Å². The van der Waals surface area contributed by atoms with Gasteiger partial charge < -0.3 is 9.15 Å². The summed E-state index contributed by atoms with van der Waals surface area (Å²) in [5.41, 5.74) is 2.21. The summed E-state index contributed by atoms with van der Waals surface area (Å²) in [6, 6.07) is 13.2. The molecule has 5 nitrogen and oxygen atoms in total. The zero-order valence-electron chi connectivity index (χ0n) is 14.7. The average Bonchev–Trinajstić information content (AvgIpc) is 2.63. The van der Waals surface area contributed by atoms with E-state index in [0.717, 1.165) is 17.2 Å². The highest BCUT2D eigenvalue weighted by molar-refractivity contribution is 6.02. The summed E-state index contributed by atoms with van der Waals surface area (Å²) < 4.78 is 10.7. The predicted octanol–water partition coefficient (Wildman–Crippen LogP) is 3.84. The van der Waals surface area contributed by atoms with E-state index in [2.05, 4.69) is 0 Å². The van der Waals surface area contributed by atoms with Gasteiger partial charge in [-0.15, -0.1) is 0 Å². The second-order valence-electron chi connectivity index (χ2n) is 6.20. The minimum absolute atomic E-state index is 0.227. The van der Waals surface area contributed by atoms with Gasteiger partial charge in [-0.25, -0.2) is 4.79 Å². The average molecular weight is 350 g/mol. The largest absolute Gasteiger partial charge is 0.449 e. The summed E-state index contributed by atoms with van der Waals surface area (Å²) in [4.78, 5) is 37.0. The number of ether oxygens (including phenoxy) is 1. The Labute approximate surface area is 150 Å². The molecule has 0 aliphatic carbocycles. The molecule has 0 saturated heterocycles. The lowest BCUT2D eigenvalue weighted by Crippen LogP contribution is -2.25. The van der Waals surface area contributed by atoms with Crippen molar-refractivity contribution in [1.82, 2.24) is 0 Å². The van der Waals surface area contributed by atoms with E-state index < -0.39 is 12.1 Å². The van der Waals surface area contributed by atoms with Gasteiger partial charge in [-0.3, -0.25) is 9.59 Å². The molecule has 0 amide bonds. The maximum Gasteiger partial charge on any atom is 0.375 e. The Balaban J connectivity index is 1.84. The van der Waals surface area contributed by atoms with E-state index in [4.69, 9.17) is 9.15 Å². The number of rotatable bonds is 4. The van der Waals surface area contributed by atoms with E-state index in [1.165, 1.54) is 6.92 Å². The molecular formula is C21H18O5. The first-order valence-corrected chi connectivity index (χ1v) is 8.22.